The lowest BCUT2D eigenvalue weighted by molar-refractivity contribution is -0.142. The highest BCUT2D eigenvalue weighted by Gasteiger charge is 2.28. The maximum Gasteiger partial charge on any atom is 0.326 e. The maximum atomic E-state index is 12.9. The number of carbonyl (C=O) groups excluding carboxylic acids is 3. The molecule has 3 aromatic rings. The van der Waals surface area contributed by atoms with Gasteiger partial charge in [-0.25, -0.2) is 4.79 Å². The fraction of sp³-hybridized carbons (Fsp3) is 0.333. The number of carboxylic acid groups (broad SMARTS) is 1. The van der Waals surface area contributed by atoms with Crippen LogP contribution in [0.3, 0.4) is 0 Å². The molecule has 3 rings (SSSR count). The fourth-order valence-corrected chi connectivity index (χ4v) is 4.29. The first-order valence-electron chi connectivity index (χ1n) is 11.8. The number of aliphatic carboxylic acids is 1. The van der Waals surface area contributed by atoms with Crippen LogP contribution in [0.15, 0.2) is 48.5 Å². The minimum atomic E-state index is -1.13. The number of carboxylic acids is 1. The molecule has 0 fully saturated rings. The number of ketones is 1. The number of ether oxygens (including phenoxy) is 1. The van der Waals surface area contributed by atoms with E-state index in [1.54, 1.807) is 12.1 Å². The van der Waals surface area contributed by atoms with Crippen LogP contribution in [-0.2, 0) is 27.3 Å². The average molecular weight is 494 g/mol. The van der Waals surface area contributed by atoms with Crippen molar-refractivity contribution in [3.8, 4) is 5.75 Å². The number of aromatic nitrogens is 1. The SMILES string of the molecule is CCc1c(C(=O)C(N)=O)c2c(OCC(=O)NC(CC(C)C)C(=O)O)cccc2n1Cc1ccccc1. The Bertz CT molecular complexity index is 1280. The van der Waals surface area contributed by atoms with Gasteiger partial charge >= 0.3 is 5.97 Å². The van der Waals surface area contributed by atoms with Crippen LogP contribution in [-0.4, -0.2) is 45.9 Å². The molecule has 4 N–H and O–H groups in total. The van der Waals surface area contributed by atoms with E-state index in [1.807, 2.05) is 61.7 Å². The molecule has 0 bridgehead atoms. The summed E-state index contributed by atoms with van der Waals surface area (Å²) >= 11 is 0. The summed E-state index contributed by atoms with van der Waals surface area (Å²) in [6.07, 6.45) is 0.724. The minimum absolute atomic E-state index is 0.0697. The van der Waals surface area contributed by atoms with Gasteiger partial charge in [0, 0.05) is 12.2 Å². The van der Waals surface area contributed by atoms with E-state index in [0.29, 0.717) is 29.6 Å². The summed E-state index contributed by atoms with van der Waals surface area (Å²) in [6.45, 7) is 5.59. The molecule has 9 heteroatoms. The Morgan fingerprint density at radius 2 is 1.75 bits per heavy atom. The number of rotatable bonds is 12. The predicted octanol–water partition coefficient (Wildman–Crippen LogP) is 2.91. The molecule has 9 nitrogen and oxygen atoms in total. The number of benzene rings is 2. The zero-order valence-electron chi connectivity index (χ0n) is 20.6. The highest BCUT2D eigenvalue weighted by atomic mass is 16.5. The zero-order chi connectivity index (χ0) is 26.4. The molecule has 0 saturated heterocycles. The molecule has 2 aromatic carbocycles. The molecule has 1 atom stereocenters. The third-order valence-corrected chi connectivity index (χ3v) is 5.83. The number of hydrogen-bond acceptors (Lipinski definition) is 5. The van der Waals surface area contributed by atoms with E-state index < -0.39 is 36.2 Å². The summed E-state index contributed by atoms with van der Waals surface area (Å²) in [5, 5.41) is 12.2. The molecule has 0 aliphatic heterocycles. The van der Waals surface area contributed by atoms with Gasteiger partial charge in [0.25, 0.3) is 17.6 Å². The van der Waals surface area contributed by atoms with Crippen molar-refractivity contribution in [2.24, 2.45) is 11.7 Å². The van der Waals surface area contributed by atoms with Crippen LogP contribution < -0.4 is 15.8 Å². The molecule has 1 aromatic heterocycles. The summed E-state index contributed by atoms with van der Waals surface area (Å²) in [5.74, 6) is -3.37. The second-order valence-electron chi connectivity index (χ2n) is 8.97. The van der Waals surface area contributed by atoms with E-state index in [2.05, 4.69) is 5.32 Å². The first-order valence-corrected chi connectivity index (χ1v) is 11.8. The lowest BCUT2D eigenvalue weighted by Crippen LogP contribution is -2.43. The third-order valence-electron chi connectivity index (χ3n) is 5.83. The fourth-order valence-electron chi connectivity index (χ4n) is 4.29. The molecule has 0 spiro atoms. The van der Waals surface area contributed by atoms with Gasteiger partial charge in [0.2, 0.25) is 0 Å². The van der Waals surface area contributed by atoms with Crippen molar-refractivity contribution >= 4 is 34.5 Å². The maximum absolute atomic E-state index is 12.9. The Morgan fingerprint density at radius 3 is 2.33 bits per heavy atom. The van der Waals surface area contributed by atoms with Gasteiger partial charge in [-0.15, -0.1) is 0 Å². The molecular formula is C27H31N3O6. The van der Waals surface area contributed by atoms with E-state index in [4.69, 9.17) is 10.5 Å². The van der Waals surface area contributed by atoms with Gasteiger partial charge in [-0.3, -0.25) is 14.4 Å². The number of nitrogens with one attached hydrogen (secondary N) is 1. The zero-order valence-corrected chi connectivity index (χ0v) is 20.6. The molecule has 36 heavy (non-hydrogen) atoms. The number of primary amides is 1. The smallest absolute Gasteiger partial charge is 0.326 e. The van der Waals surface area contributed by atoms with E-state index in [0.717, 1.165) is 5.56 Å². The molecule has 190 valence electrons. The Morgan fingerprint density at radius 1 is 1.06 bits per heavy atom. The normalized spacial score (nSPS) is 11.9. The Balaban J connectivity index is 2.01. The number of Topliss-reactive ketones (excluding diaryl/α,β-unsaturated/α-hetero) is 1. The monoisotopic (exact) mass is 493 g/mol. The molecule has 1 heterocycles. The lowest BCUT2D eigenvalue weighted by Gasteiger charge is -2.17. The van der Waals surface area contributed by atoms with Gasteiger partial charge < -0.3 is 25.5 Å². The summed E-state index contributed by atoms with van der Waals surface area (Å²) in [5.41, 5.74) is 7.81. The number of hydrogen-bond donors (Lipinski definition) is 3. The molecular weight excluding hydrogens is 462 g/mol. The molecule has 0 radical (unpaired) electrons. The largest absolute Gasteiger partial charge is 0.483 e. The second kappa shape index (κ2) is 11.5. The van der Waals surface area contributed by atoms with Gasteiger partial charge in [-0.1, -0.05) is 57.2 Å². The third kappa shape index (κ3) is 5.91. The Labute approximate surface area is 209 Å². The Hall–Kier alpha value is -4.14. The Kier molecular flexibility index (Phi) is 8.47. The first-order chi connectivity index (χ1) is 17.1. The van der Waals surface area contributed by atoms with Gasteiger partial charge in [-0.2, -0.15) is 0 Å². The van der Waals surface area contributed by atoms with Crippen molar-refractivity contribution in [2.45, 2.75) is 46.2 Å². The van der Waals surface area contributed by atoms with Gasteiger partial charge in [0.15, 0.2) is 6.61 Å². The van der Waals surface area contributed by atoms with E-state index in [9.17, 15) is 24.3 Å². The van der Waals surface area contributed by atoms with Crippen LogP contribution in [0, 0.1) is 5.92 Å². The number of nitrogens with two attached hydrogens (primary N) is 1. The summed E-state index contributed by atoms with van der Waals surface area (Å²) in [4.78, 5) is 48.8. The minimum Gasteiger partial charge on any atom is -0.483 e. The van der Waals surface area contributed by atoms with Crippen molar-refractivity contribution in [3.63, 3.8) is 0 Å². The van der Waals surface area contributed by atoms with E-state index >= 15 is 0 Å². The van der Waals surface area contributed by atoms with Crippen molar-refractivity contribution in [1.82, 2.24) is 9.88 Å². The van der Waals surface area contributed by atoms with Crippen LogP contribution >= 0.6 is 0 Å². The molecule has 0 saturated carbocycles. The second-order valence-corrected chi connectivity index (χ2v) is 8.97. The first kappa shape index (κ1) is 26.5. The van der Waals surface area contributed by atoms with Crippen LogP contribution in [0.2, 0.25) is 0 Å². The topological polar surface area (TPSA) is 141 Å². The molecule has 1 unspecified atom stereocenters. The lowest BCUT2D eigenvalue weighted by atomic mass is 10.0. The van der Waals surface area contributed by atoms with Crippen molar-refractivity contribution in [1.29, 1.82) is 0 Å². The summed E-state index contributed by atoms with van der Waals surface area (Å²) < 4.78 is 7.72. The van der Waals surface area contributed by atoms with E-state index in [1.165, 1.54) is 0 Å². The van der Waals surface area contributed by atoms with Crippen LogP contribution in [0.5, 0.6) is 5.75 Å². The highest BCUT2D eigenvalue weighted by Crippen LogP contribution is 2.35. The number of nitrogens with zero attached hydrogens (tertiary/aromatic N) is 1. The quantitative estimate of drug-likeness (QED) is 0.262. The van der Waals surface area contributed by atoms with Crippen LogP contribution in [0.4, 0.5) is 0 Å². The molecule has 0 aliphatic carbocycles. The molecule has 2 amide bonds. The van der Waals surface area contributed by atoms with Crippen molar-refractivity contribution in [3.05, 3.63) is 65.4 Å². The van der Waals surface area contributed by atoms with Crippen LogP contribution in [0.25, 0.3) is 10.9 Å². The molecule has 0 aliphatic rings. The summed E-state index contributed by atoms with van der Waals surface area (Å²) in [6, 6.07) is 13.8. The van der Waals surface area contributed by atoms with Gasteiger partial charge in [0.1, 0.15) is 11.8 Å². The standard InChI is InChI=1S/C27H31N3O6/c1-4-19-24(25(32)26(28)33)23-20(30(19)14-17-9-6-5-7-10-17)11-8-12-21(23)36-15-22(31)29-18(27(34)35)13-16(2)3/h5-12,16,18H,4,13-15H2,1-3H3,(H2,28,33)(H,29,31)(H,34,35). The van der Waals surface area contributed by atoms with Gasteiger partial charge in [-0.05, 0) is 36.5 Å². The highest BCUT2D eigenvalue weighted by molar-refractivity contribution is 6.45. The number of amides is 2. The van der Waals surface area contributed by atoms with Crippen molar-refractivity contribution < 1.29 is 29.0 Å². The average Bonchev–Trinajstić information content (AvgIpc) is 3.15. The number of fused-ring (bicyclic) bond motifs is 1. The predicted molar refractivity (Wildman–Crippen MR) is 135 cm³/mol. The summed E-state index contributed by atoms with van der Waals surface area (Å²) in [7, 11) is 0. The number of carbonyl (C=O) groups is 4. The van der Waals surface area contributed by atoms with E-state index in [-0.39, 0.29) is 23.7 Å². The van der Waals surface area contributed by atoms with Gasteiger partial charge in [0.05, 0.1) is 16.5 Å². The van der Waals surface area contributed by atoms with Crippen LogP contribution in [0.1, 0.15) is 48.8 Å². The van der Waals surface area contributed by atoms with Crippen molar-refractivity contribution in [2.75, 3.05) is 6.61 Å².